The molecule has 0 aromatic heterocycles. The molecule has 132 valence electrons. The first-order chi connectivity index (χ1) is 12.0. The molecular weight excluding hydrogens is 336 g/mol. The number of aliphatic imine (C=N–C) groups is 1. The van der Waals surface area contributed by atoms with Gasteiger partial charge in [-0.2, -0.15) is 0 Å². The lowest BCUT2D eigenvalue weighted by Crippen LogP contribution is -2.41. The molecule has 1 aliphatic rings. The van der Waals surface area contributed by atoms with Crippen LogP contribution in [0.25, 0.3) is 0 Å². The number of hydrogen-bond acceptors (Lipinski definition) is 4. The van der Waals surface area contributed by atoms with Crippen molar-refractivity contribution in [1.29, 1.82) is 0 Å². The van der Waals surface area contributed by atoms with Crippen molar-refractivity contribution in [2.24, 2.45) is 4.99 Å². The van der Waals surface area contributed by atoms with E-state index in [1.807, 2.05) is 50.2 Å². The Morgan fingerprint density at radius 2 is 1.92 bits per heavy atom. The van der Waals surface area contributed by atoms with Crippen LogP contribution in [0, 0.1) is 6.92 Å². The van der Waals surface area contributed by atoms with Gasteiger partial charge in [0.1, 0.15) is 11.6 Å². The van der Waals surface area contributed by atoms with Gasteiger partial charge in [0.25, 0.3) is 10.0 Å². The second-order valence-corrected chi connectivity index (χ2v) is 7.77. The molecule has 0 N–H and O–H groups in total. The van der Waals surface area contributed by atoms with Crippen molar-refractivity contribution in [3.8, 4) is 5.75 Å². The maximum Gasteiger partial charge on any atom is 0.265 e. The first-order valence-electron chi connectivity index (χ1n) is 8.39. The van der Waals surface area contributed by atoms with Gasteiger partial charge < -0.3 is 4.74 Å². The molecule has 0 atom stereocenters. The number of ether oxygens (including phenoxy) is 1. The van der Waals surface area contributed by atoms with E-state index in [0.717, 1.165) is 11.1 Å². The van der Waals surface area contributed by atoms with Gasteiger partial charge in [-0.15, -0.1) is 0 Å². The van der Waals surface area contributed by atoms with E-state index in [2.05, 4.69) is 4.99 Å². The van der Waals surface area contributed by atoms with Crippen LogP contribution in [0.1, 0.15) is 24.5 Å². The molecule has 0 bridgehead atoms. The summed E-state index contributed by atoms with van der Waals surface area (Å²) in [7, 11) is -3.64. The largest absolute Gasteiger partial charge is 0.494 e. The van der Waals surface area contributed by atoms with Gasteiger partial charge in [0.2, 0.25) is 0 Å². The molecule has 0 radical (unpaired) electrons. The highest BCUT2D eigenvalue weighted by Gasteiger charge is 2.30. The van der Waals surface area contributed by atoms with Crippen molar-refractivity contribution in [3.63, 3.8) is 0 Å². The maximum atomic E-state index is 13.1. The quantitative estimate of drug-likeness (QED) is 0.824. The van der Waals surface area contributed by atoms with E-state index < -0.39 is 10.0 Å². The SMILES string of the molecule is CCOc1cccc(C2=NCCCN2S(=O)(=O)c2ccc(C)cc2)c1. The van der Waals surface area contributed by atoms with Gasteiger partial charge in [0.15, 0.2) is 0 Å². The first-order valence-corrected chi connectivity index (χ1v) is 9.83. The predicted molar refractivity (Wildman–Crippen MR) is 98.7 cm³/mol. The summed E-state index contributed by atoms with van der Waals surface area (Å²) in [6.07, 6.45) is 0.708. The Hall–Kier alpha value is -2.34. The standard InChI is InChI=1S/C19H22N2O3S/c1-3-24-17-7-4-6-16(14-17)19-20-12-5-13-21(19)25(22,23)18-10-8-15(2)9-11-18/h4,6-11,14H,3,5,12-13H2,1-2H3. The Morgan fingerprint density at radius 3 is 2.64 bits per heavy atom. The third kappa shape index (κ3) is 3.69. The number of nitrogens with zero attached hydrogens (tertiary/aromatic N) is 2. The molecule has 5 nitrogen and oxygen atoms in total. The molecule has 0 amide bonds. The molecule has 1 aliphatic heterocycles. The minimum Gasteiger partial charge on any atom is -0.494 e. The van der Waals surface area contributed by atoms with E-state index in [0.29, 0.717) is 37.7 Å². The number of aryl methyl sites for hydroxylation is 1. The fraction of sp³-hybridized carbons (Fsp3) is 0.316. The van der Waals surface area contributed by atoms with Crippen LogP contribution in [0.4, 0.5) is 0 Å². The maximum absolute atomic E-state index is 13.1. The van der Waals surface area contributed by atoms with Crippen LogP contribution in [-0.4, -0.2) is 38.3 Å². The Labute approximate surface area is 149 Å². The van der Waals surface area contributed by atoms with E-state index in [4.69, 9.17) is 4.74 Å². The number of benzene rings is 2. The summed E-state index contributed by atoms with van der Waals surface area (Å²) in [4.78, 5) is 4.79. The average molecular weight is 358 g/mol. The summed E-state index contributed by atoms with van der Waals surface area (Å²) in [6, 6.07) is 14.3. The molecular formula is C19H22N2O3S. The van der Waals surface area contributed by atoms with E-state index in [1.54, 1.807) is 12.1 Å². The van der Waals surface area contributed by atoms with Gasteiger partial charge in [-0.3, -0.25) is 4.99 Å². The summed E-state index contributed by atoms with van der Waals surface area (Å²) in [5.41, 5.74) is 1.78. The topological polar surface area (TPSA) is 59.0 Å². The zero-order valence-corrected chi connectivity index (χ0v) is 15.3. The van der Waals surface area contributed by atoms with E-state index in [1.165, 1.54) is 4.31 Å². The van der Waals surface area contributed by atoms with Gasteiger partial charge in [0.05, 0.1) is 11.5 Å². The summed E-state index contributed by atoms with van der Waals surface area (Å²) in [5.74, 6) is 1.19. The lowest BCUT2D eigenvalue weighted by atomic mass is 10.1. The van der Waals surface area contributed by atoms with Gasteiger partial charge in [-0.1, -0.05) is 29.8 Å². The zero-order valence-electron chi connectivity index (χ0n) is 14.5. The summed E-state index contributed by atoms with van der Waals surface area (Å²) >= 11 is 0. The van der Waals surface area contributed by atoms with Crippen LogP contribution < -0.4 is 4.74 Å². The number of hydrogen-bond donors (Lipinski definition) is 0. The van der Waals surface area contributed by atoms with Crippen LogP contribution >= 0.6 is 0 Å². The Morgan fingerprint density at radius 1 is 1.16 bits per heavy atom. The van der Waals surface area contributed by atoms with Gasteiger partial charge >= 0.3 is 0 Å². The van der Waals surface area contributed by atoms with Gasteiger partial charge in [0, 0.05) is 18.7 Å². The lowest BCUT2D eigenvalue weighted by molar-refractivity contribution is 0.340. The van der Waals surface area contributed by atoms with Crippen LogP contribution in [0.2, 0.25) is 0 Å². The second-order valence-electron chi connectivity index (χ2n) is 5.91. The highest BCUT2D eigenvalue weighted by molar-refractivity contribution is 7.89. The van der Waals surface area contributed by atoms with E-state index >= 15 is 0 Å². The number of amidine groups is 1. The summed E-state index contributed by atoms with van der Waals surface area (Å²) in [5, 5.41) is 0. The molecule has 0 fully saturated rings. The molecule has 0 aliphatic carbocycles. The number of sulfonamides is 1. The minimum absolute atomic E-state index is 0.286. The van der Waals surface area contributed by atoms with Crippen LogP contribution in [0.5, 0.6) is 5.75 Å². The van der Waals surface area contributed by atoms with Crippen molar-refractivity contribution in [2.45, 2.75) is 25.2 Å². The van der Waals surface area contributed by atoms with Crippen LogP contribution in [0.3, 0.4) is 0 Å². The normalized spacial score (nSPS) is 15.0. The van der Waals surface area contributed by atoms with Crippen molar-refractivity contribution in [3.05, 3.63) is 59.7 Å². The molecule has 2 aromatic carbocycles. The smallest absolute Gasteiger partial charge is 0.265 e. The van der Waals surface area contributed by atoms with E-state index in [9.17, 15) is 8.42 Å². The van der Waals surface area contributed by atoms with Crippen LogP contribution in [-0.2, 0) is 10.0 Å². The van der Waals surface area contributed by atoms with Crippen molar-refractivity contribution in [1.82, 2.24) is 4.31 Å². The first kappa shape index (κ1) is 17.5. The Balaban J connectivity index is 2.00. The summed E-state index contributed by atoms with van der Waals surface area (Å²) < 4.78 is 33.2. The fourth-order valence-corrected chi connectivity index (χ4v) is 4.28. The third-order valence-electron chi connectivity index (χ3n) is 4.03. The fourth-order valence-electron chi connectivity index (χ4n) is 2.78. The van der Waals surface area contributed by atoms with Crippen molar-refractivity contribution < 1.29 is 13.2 Å². The zero-order chi connectivity index (χ0) is 17.9. The lowest BCUT2D eigenvalue weighted by Gasteiger charge is -2.29. The third-order valence-corrected chi connectivity index (χ3v) is 5.83. The molecule has 6 heteroatoms. The Bertz CT molecular complexity index is 874. The van der Waals surface area contributed by atoms with Crippen molar-refractivity contribution >= 4 is 15.9 Å². The average Bonchev–Trinajstić information content (AvgIpc) is 2.63. The molecule has 0 unspecified atom stereocenters. The second kappa shape index (κ2) is 7.27. The van der Waals surface area contributed by atoms with Gasteiger partial charge in [-0.25, -0.2) is 12.7 Å². The molecule has 0 saturated heterocycles. The monoisotopic (exact) mass is 358 g/mol. The summed E-state index contributed by atoms with van der Waals surface area (Å²) in [6.45, 7) is 5.45. The molecule has 3 rings (SSSR count). The van der Waals surface area contributed by atoms with Crippen molar-refractivity contribution in [2.75, 3.05) is 19.7 Å². The molecule has 1 heterocycles. The number of rotatable bonds is 5. The predicted octanol–water partition coefficient (Wildman–Crippen LogP) is 3.23. The molecule has 25 heavy (non-hydrogen) atoms. The molecule has 0 spiro atoms. The molecule has 0 saturated carbocycles. The molecule has 2 aromatic rings. The Kier molecular flexibility index (Phi) is 5.08. The van der Waals surface area contributed by atoms with Crippen LogP contribution in [0.15, 0.2) is 58.4 Å². The van der Waals surface area contributed by atoms with Gasteiger partial charge in [-0.05, 0) is 44.5 Å². The minimum atomic E-state index is -3.64. The highest BCUT2D eigenvalue weighted by Crippen LogP contribution is 2.24. The highest BCUT2D eigenvalue weighted by atomic mass is 32.2. The van der Waals surface area contributed by atoms with E-state index in [-0.39, 0.29) is 4.90 Å².